The molecule has 9 heteroatoms. The Morgan fingerprint density at radius 3 is 2.41 bits per heavy atom. The van der Waals surface area contributed by atoms with Crippen LogP contribution in [0.2, 0.25) is 10.0 Å². The molecule has 2 aromatic rings. The number of benzene rings is 2. The number of ketones is 1. The van der Waals surface area contributed by atoms with E-state index < -0.39 is 23.6 Å². The zero-order chi connectivity index (χ0) is 20.2. The van der Waals surface area contributed by atoms with E-state index in [4.69, 9.17) is 37.9 Å². The summed E-state index contributed by atoms with van der Waals surface area (Å²) in [6.07, 6.45) is -5.76. The molecule has 2 rings (SSSR count). The molecule has 0 aliphatic rings. The topological polar surface area (TPSA) is 59.3 Å². The minimum Gasteiger partial charge on any atom is -0.466 e. The molecule has 0 radical (unpaired) electrons. The number of nitriles is 1. The number of Topliss-reactive ketones (excluding diaryl/α,β-unsaturated/α-hetero) is 1. The van der Waals surface area contributed by atoms with Gasteiger partial charge in [0, 0.05) is 12.5 Å². The van der Waals surface area contributed by atoms with Crippen LogP contribution in [0.1, 0.15) is 18.9 Å². The molecule has 0 aliphatic carbocycles. The molecule has 4 nitrogen and oxygen atoms in total. The van der Waals surface area contributed by atoms with E-state index in [9.17, 15) is 18.0 Å². The molecule has 0 bridgehead atoms. The fourth-order valence-corrected chi connectivity index (χ4v) is 2.38. The molecule has 0 fully saturated rings. The highest BCUT2D eigenvalue weighted by Gasteiger charge is 2.31. The first-order chi connectivity index (χ1) is 12.7. The summed E-state index contributed by atoms with van der Waals surface area (Å²) in [5, 5.41) is 8.92. The average Bonchev–Trinajstić information content (AvgIpc) is 2.62. The molecular weight excluding hydrogens is 406 g/mol. The monoisotopic (exact) mass is 417 g/mol. The average molecular weight is 418 g/mol. The molecule has 0 saturated heterocycles. The van der Waals surface area contributed by atoms with Crippen LogP contribution in [0.4, 0.5) is 13.2 Å². The number of ether oxygens (including phenoxy) is 2. The molecule has 1 atom stereocenters. The Morgan fingerprint density at radius 2 is 1.85 bits per heavy atom. The van der Waals surface area contributed by atoms with Crippen molar-refractivity contribution in [2.24, 2.45) is 0 Å². The van der Waals surface area contributed by atoms with Gasteiger partial charge in [0.15, 0.2) is 5.78 Å². The Labute approximate surface area is 163 Å². The lowest BCUT2D eigenvalue weighted by molar-refractivity contribution is -0.137. The maximum atomic E-state index is 12.7. The molecule has 0 aromatic heterocycles. The van der Waals surface area contributed by atoms with Gasteiger partial charge < -0.3 is 9.47 Å². The summed E-state index contributed by atoms with van der Waals surface area (Å²) in [5.41, 5.74) is -0.907. The maximum absolute atomic E-state index is 12.7. The molecule has 0 amide bonds. The van der Waals surface area contributed by atoms with Crippen LogP contribution < -0.4 is 9.47 Å². The van der Waals surface area contributed by atoms with Gasteiger partial charge in [-0.2, -0.15) is 18.4 Å². The third kappa shape index (κ3) is 5.28. The predicted octanol–water partition coefficient (Wildman–Crippen LogP) is 6.05. The van der Waals surface area contributed by atoms with E-state index >= 15 is 0 Å². The molecular formula is C18H12Cl2F3NO3. The predicted molar refractivity (Wildman–Crippen MR) is 93.3 cm³/mol. The summed E-state index contributed by atoms with van der Waals surface area (Å²) in [7, 11) is 0. The number of alkyl halides is 3. The van der Waals surface area contributed by atoms with Crippen molar-refractivity contribution >= 4 is 29.0 Å². The molecule has 0 heterocycles. The highest BCUT2D eigenvalue weighted by atomic mass is 35.5. The third-order valence-electron chi connectivity index (χ3n) is 3.39. The SMILES string of the molecule is CCC(=O)C(C#N)Oc1cc(Oc2ccc(C(F)(F)F)cc2Cl)ccc1Cl. The van der Waals surface area contributed by atoms with Crippen molar-refractivity contribution in [1.82, 2.24) is 0 Å². The molecule has 0 spiro atoms. The summed E-state index contributed by atoms with van der Waals surface area (Å²) in [6, 6.07) is 8.53. The summed E-state index contributed by atoms with van der Waals surface area (Å²) >= 11 is 11.9. The third-order valence-corrected chi connectivity index (χ3v) is 4.00. The van der Waals surface area contributed by atoms with Gasteiger partial charge in [0.1, 0.15) is 23.3 Å². The standard InChI is InChI=1S/C18H12Cl2F3NO3/c1-2-14(25)17(9-24)27-16-8-11(4-5-12(16)19)26-15-6-3-10(7-13(15)20)18(21,22)23/h3-8,17H,2H2,1H3. The van der Waals surface area contributed by atoms with E-state index in [-0.39, 0.29) is 33.7 Å². The van der Waals surface area contributed by atoms with Crippen LogP contribution in [0.15, 0.2) is 36.4 Å². The zero-order valence-corrected chi connectivity index (χ0v) is 15.3. The van der Waals surface area contributed by atoms with Crippen LogP contribution in [0.25, 0.3) is 0 Å². The molecule has 0 saturated carbocycles. The van der Waals surface area contributed by atoms with E-state index in [1.54, 1.807) is 13.0 Å². The lowest BCUT2D eigenvalue weighted by atomic mass is 10.2. The van der Waals surface area contributed by atoms with Gasteiger partial charge in [-0.3, -0.25) is 4.79 Å². The summed E-state index contributed by atoms with van der Waals surface area (Å²) in [6.45, 7) is 1.59. The van der Waals surface area contributed by atoms with Gasteiger partial charge in [-0.05, 0) is 30.3 Å². The lowest BCUT2D eigenvalue weighted by Gasteiger charge is -2.14. The van der Waals surface area contributed by atoms with Crippen LogP contribution in [0.5, 0.6) is 17.2 Å². The van der Waals surface area contributed by atoms with Gasteiger partial charge in [-0.15, -0.1) is 0 Å². The van der Waals surface area contributed by atoms with E-state index in [2.05, 4.69) is 0 Å². The molecule has 0 aliphatic heterocycles. The van der Waals surface area contributed by atoms with Crippen molar-refractivity contribution in [1.29, 1.82) is 5.26 Å². The first-order valence-electron chi connectivity index (χ1n) is 7.58. The van der Waals surface area contributed by atoms with Crippen molar-refractivity contribution in [3.63, 3.8) is 0 Å². The molecule has 1 unspecified atom stereocenters. The number of rotatable bonds is 6. The number of carbonyl (C=O) groups is 1. The van der Waals surface area contributed by atoms with Crippen molar-refractivity contribution < 1.29 is 27.4 Å². The maximum Gasteiger partial charge on any atom is 0.416 e. The van der Waals surface area contributed by atoms with Crippen LogP contribution in [0, 0.1) is 11.3 Å². The van der Waals surface area contributed by atoms with Gasteiger partial charge >= 0.3 is 6.18 Å². The van der Waals surface area contributed by atoms with Crippen LogP contribution in [0.3, 0.4) is 0 Å². The summed E-state index contributed by atoms with van der Waals surface area (Å²) in [4.78, 5) is 11.7. The first kappa shape index (κ1) is 20.9. The van der Waals surface area contributed by atoms with Gasteiger partial charge in [0.25, 0.3) is 0 Å². The lowest BCUT2D eigenvalue weighted by Crippen LogP contribution is -2.24. The van der Waals surface area contributed by atoms with Gasteiger partial charge in [0.2, 0.25) is 6.10 Å². The minimum atomic E-state index is -4.53. The molecule has 0 N–H and O–H groups in total. The van der Waals surface area contributed by atoms with Crippen LogP contribution >= 0.6 is 23.2 Å². The highest BCUT2D eigenvalue weighted by molar-refractivity contribution is 6.32. The minimum absolute atomic E-state index is 0.0144. The summed E-state index contributed by atoms with van der Waals surface area (Å²) < 4.78 is 48.9. The Balaban J connectivity index is 2.26. The quantitative estimate of drug-likeness (QED) is 0.573. The van der Waals surface area contributed by atoms with E-state index in [1.807, 2.05) is 0 Å². The fourth-order valence-electron chi connectivity index (χ4n) is 2.00. The number of hydrogen-bond acceptors (Lipinski definition) is 4. The molecule has 27 heavy (non-hydrogen) atoms. The van der Waals surface area contributed by atoms with E-state index in [0.717, 1.165) is 18.2 Å². The Morgan fingerprint density at radius 1 is 1.15 bits per heavy atom. The number of nitrogens with zero attached hydrogens (tertiary/aromatic N) is 1. The second-order valence-electron chi connectivity index (χ2n) is 5.28. The van der Waals surface area contributed by atoms with Gasteiger partial charge in [-0.25, -0.2) is 0 Å². The molecule has 2 aromatic carbocycles. The largest absolute Gasteiger partial charge is 0.466 e. The highest BCUT2D eigenvalue weighted by Crippen LogP contribution is 2.38. The number of carbonyl (C=O) groups excluding carboxylic acids is 1. The van der Waals surface area contributed by atoms with Gasteiger partial charge in [-0.1, -0.05) is 30.1 Å². The Kier molecular flexibility index (Phi) is 6.58. The van der Waals surface area contributed by atoms with Crippen molar-refractivity contribution in [3.8, 4) is 23.3 Å². The molecule has 142 valence electrons. The number of hydrogen-bond donors (Lipinski definition) is 0. The second-order valence-corrected chi connectivity index (χ2v) is 6.10. The van der Waals surface area contributed by atoms with E-state index in [0.29, 0.717) is 0 Å². The normalized spacial score (nSPS) is 12.2. The van der Waals surface area contributed by atoms with Crippen molar-refractivity contribution in [3.05, 3.63) is 52.0 Å². The first-order valence-corrected chi connectivity index (χ1v) is 8.34. The van der Waals surface area contributed by atoms with Crippen LogP contribution in [-0.4, -0.2) is 11.9 Å². The van der Waals surface area contributed by atoms with E-state index in [1.165, 1.54) is 18.2 Å². The van der Waals surface area contributed by atoms with Crippen molar-refractivity contribution in [2.45, 2.75) is 25.6 Å². The second kappa shape index (κ2) is 8.51. The van der Waals surface area contributed by atoms with Crippen LogP contribution in [-0.2, 0) is 11.0 Å². The zero-order valence-electron chi connectivity index (χ0n) is 13.8. The fraction of sp³-hybridized carbons (Fsp3) is 0.222. The Bertz CT molecular complexity index is 894. The van der Waals surface area contributed by atoms with Gasteiger partial charge in [0.05, 0.1) is 15.6 Å². The Hall–Kier alpha value is -2.43. The number of halogens is 5. The smallest absolute Gasteiger partial charge is 0.416 e. The summed E-state index contributed by atoms with van der Waals surface area (Å²) in [5.74, 6) is -0.271. The van der Waals surface area contributed by atoms with Crippen molar-refractivity contribution in [2.75, 3.05) is 0 Å².